The highest BCUT2D eigenvalue weighted by atomic mass is 32.1. The largest absolute Gasteiger partial charge is 0.502 e. The van der Waals surface area contributed by atoms with Gasteiger partial charge in [0, 0.05) is 28.3 Å². The molecule has 1 amide bonds. The highest BCUT2D eigenvalue weighted by Gasteiger charge is 2.26. The Balaban J connectivity index is 0.000000183. The molecule has 4 N–H and O–H groups in total. The van der Waals surface area contributed by atoms with Crippen molar-refractivity contribution in [3.8, 4) is 59.9 Å². The van der Waals surface area contributed by atoms with E-state index in [1.54, 1.807) is 6.07 Å². The van der Waals surface area contributed by atoms with E-state index < -0.39 is 6.61 Å². The predicted molar refractivity (Wildman–Crippen MR) is 235 cm³/mol. The molecule has 6 aromatic rings. The first-order valence-corrected chi connectivity index (χ1v) is 21.7. The Hall–Kier alpha value is -6.03. The predicted octanol–water partition coefficient (Wildman–Crippen LogP) is 9.56. The van der Waals surface area contributed by atoms with E-state index >= 15 is 0 Å². The Morgan fingerprint density at radius 3 is 1.98 bits per heavy atom. The zero-order valence-electron chi connectivity index (χ0n) is 33.9. The molecule has 0 saturated heterocycles. The summed E-state index contributed by atoms with van der Waals surface area (Å²) >= 11 is 3.02. The van der Waals surface area contributed by atoms with Gasteiger partial charge in [-0.05, 0) is 119 Å². The van der Waals surface area contributed by atoms with Crippen LogP contribution in [0.3, 0.4) is 0 Å². The number of hydrogen-bond donors (Lipinski definition) is 3. The first-order chi connectivity index (χ1) is 29.1. The number of nitrogens with zero attached hydrogens (tertiary/aromatic N) is 6. The number of amides is 1. The number of carbonyl (C=O) groups excluding carboxylic acids is 1. The summed E-state index contributed by atoms with van der Waals surface area (Å²) in [6.45, 7) is 14.7. The van der Waals surface area contributed by atoms with Crippen LogP contribution in [0.2, 0.25) is 0 Å². The fourth-order valence-electron chi connectivity index (χ4n) is 7.62. The monoisotopic (exact) mass is 838 g/mol. The average Bonchev–Trinajstić information content (AvgIpc) is 3.95. The van der Waals surface area contributed by atoms with Crippen LogP contribution in [0.1, 0.15) is 93.3 Å². The molecule has 0 spiro atoms. The van der Waals surface area contributed by atoms with Gasteiger partial charge in [0.1, 0.15) is 44.2 Å². The number of fused-ring (bicyclic) bond motifs is 2. The highest BCUT2D eigenvalue weighted by molar-refractivity contribution is 7.18. The Bertz CT molecular complexity index is 2590. The normalized spacial score (nSPS) is 15.5. The zero-order chi connectivity index (χ0) is 42.3. The standard InChI is InChI=1S/C24H24N4O3S.C22H22N4OS/c1-14(2)31-21-11-10-15(12-20(21)25-3)23-27-28-24(32-23)18-8-4-7-17-16(18)6-5-9-19(17)26-22(30)13-29;1-13(2)27-20-10-9-14(11-15(20)12-23)21-25-26-22(28-21)18-7-3-6-17-16(18)5-4-8-19(17)24/h4,7-8,10-12,14,19,29H,5-6,9,13H2,1-2H3,(H,26,30);3,6-7,9-11,13,19H,4-5,8,24H2,1-2H3/t2*19-/m00/s1. The third-order valence-electron chi connectivity index (χ3n) is 10.2. The van der Waals surface area contributed by atoms with Crippen LogP contribution in [0.5, 0.6) is 11.5 Å². The van der Waals surface area contributed by atoms with E-state index in [9.17, 15) is 10.1 Å². The highest BCUT2D eigenvalue weighted by Crippen LogP contribution is 2.41. The summed E-state index contributed by atoms with van der Waals surface area (Å²) < 4.78 is 11.4. The first-order valence-electron chi connectivity index (χ1n) is 20.0. The van der Waals surface area contributed by atoms with Crippen molar-refractivity contribution in [2.24, 2.45) is 5.73 Å². The lowest BCUT2D eigenvalue weighted by Gasteiger charge is -2.27. The van der Waals surface area contributed by atoms with E-state index in [-0.39, 0.29) is 30.2 Å². The lowest BCUT2D eigenvalue weighted by atomic mass is 9.85. The maximum absolute atomic E-state index is 11.7. The molecule has 0 aliphatic heterocycles. The molecule has 2 aliphatic carbocycles. The van der Waals surface area contributed by atoms with Gasteiger partial charge in [0.25, 0.3) is 0 Å². The molecule has 4 aromatic carbocycles. The maximum Gasteiger partial charge on any atom is 0.246 e. The van der Waals surface area contributed by atoms with E-state index in [0.717, 1.165) is 91.9 Å². The number of benzene rings is 4. The van der Waals surface area contributed by atoms with Crippen molar-refractivity contribution in [2.75, 3.05) is 6.61 Å². The third-order valence-corrected chi connectivity index (χ3v) is 12.3. The Morgan fingerprint density at radius 1 is 0.833 bits per heavy atom. The summed E-state index contributed by atoms with van der Waals surface area (Å²) in [6, 6.07) is 25.6. The van der Waals surface area contributed by atoms with E-state index in [2.05, 4.69) is 48.8 Å². The minimum absolute atomic E-state index is 0.00951. The van der Waals surface area contributed by atoms with Gasteiger partial charge in [-0.15, -0.1) is 20.4 Å². The number of hydrogen-bond acceptors (Lipinski definition) is 12. The van der Waals surface area contributed by atoms with Crippen molar-refractivity contribution in [2.45, 2.75) is 90.5 Å². The van der Waals surface area contributed by atoms with Crippen molar-refractivity contribution in [3.63, 3.8) is 0 Å². The van der Waals surface area contributed by atoms with E-state index in [0.29, 0.717) is 22.7 Å². The van der Waals surface area contributed by atoms with Gasteiger partial charge in [0.05, 0.1) is 30.4 Å². The van der Waals surface area contributed by atoms with E-state index in [1.165, 1.54) is 33.8 Å². The minimum atomic E-state index is -0.515. The van der Waals surface area contributed by atoms with Crippen LogP contribution in [-0.2, 0) is 17.6 Å². The van der Waals surface area contributed by atoms with Gasteiger partial charge < -0.3 is 25.6 Å². The number of nitrogens with one attached hydrogen (secondary N) is 1. The number of carbonyl (C=O) groups is 1. The second-order valence-electron chi connectivity index (χ2n) is 15.2. The number of ether oxygens (including phenoxy) is 2. The molecule has 8 rings (SSSR count). The molecule has 0 saturated carbocycles. The third kappa shape index (κ3) is 9.38. The zero-order valence-corrected chi connectivity index (χ0v) is 35.6. The maximum atomic E-state index is 11.7. The molecule has 2 heterocycles. The van der Waals surface area contributed by atoms with Crippen LogP contribution >= 0.6 is 22.7 Å². The fraction of sp³-hybridized carbons (Fsp3) is 0.326. The van der Waals surface area contributed by atoms with Crippen molar-refractivity contribution in [3.05, 3.63) is 112 Å². The quantitative estimate of drug-likeness (QED) is 0.113. The molecule has 0 radical (unpaired) electrons. The number of nitriles is 1. The Labute approximate surface area is 357 Å². The van der Waals surface area contributed by atoms with E-state index in [4.69, 9.17) is 26.9 Å². The Kier molecular flexibility index (Phi) is 13.3. The molecule has 14 heteroatoms. The van der Waals surface area contributed by atoms with Gasteiger partial charge >= 0.3 is 0 Å². The molecular formula is C46H46N8O4S2. The summed E-state index contributed by atoms with van der Waals surface area (Å²) in [5, 5.41) is 42.3. The van der Waals surface area contributed by atoms with Crippen LogP contribution in [0.15, 0.2) is 72.8 Å². The lowest BCUT2D eigenvalue weighted by molar-refractivity contribution is -0.124. The fourth-order valence-corrected chi connectivity index (χ4v) is 9.41. The molecule has 0 fully saturated rings. The molecular weight excluding hydrogens is 793 g/mol. The molecule has 12 nitrogen and oxygen atoms in total. The van der Waals surface area contributed by atoms with Crippen LogP contribution in [-0.4, -0.2) is 50.2 Å². The average molecular weight is 839 g/mol. The SMILES string of the molecule is CC(C)Oc1ccc(-c2nnc(-c3cccc4c3CCC[C@@H]4N)s2)cc1C#N.[C-]#[N+]c1cc(-c2nnc(-c3cccc4c3CCC[C@@H]4NC(=O)CO)s2)ccc1OC(C)C. The van der Waals surface area contributed by atoms with Crippen LogP contribution in [0, 0.1) is 17.9 Å². The van der Waals surface area contributed by atoms with Gasteiger partial charge in [-0.2, -0.15) is 5.26 Å². The minimum Gasteiger partial charge on any atom is -0.502 e. The van der Waals surface area contributed by atoms with Crippen LogP contribution in [0.25, 0.3) is 47.1 Å². The number of aliphatic hydroxyl groups excluding tert-OH is 1. The summed E-state index contributed by atoms with van der Waals surface area (Å²) in [6.07, 6.45) is 5.83. The summed E-state index contributed by atoms with van der Waals surface area (Å²) in [5.41, 5.74) is 15.8. The van der Waals surface area contributed by atoms with Gasteiger partial charge in [0.2, 0.25) is 11.6 Å². The summed E-state index contributed by atoms with van der Waals surface area (Å²) in [7, 11) is 0. The second kappa shape index (κ2) is 18.9. The molecule has 60 heavy (non-hydrogen) atoms. The number of aromatic nitrogens is 4. The summed E-state index contributed by atoms with van der Waals surface area (Å²) in [4.78, 5) is 15.3. The number of aliphatic hydroxyl groups is 1. The second-order valence-corrected chi connectivity index (χ2v) is 17.1. The molecule has 306 valence electrons. The number of nitrogens with two attached hydrogens (primary N) is 1. The molecule has 2 aliphatic rings. The van der Waals surface area contributed by atoms with Gasteiger partial charge in [0.15, 0.2) is 0 Å². The topological polar surface area (TPSA) is 174 Å². The van der Waals surface area contributed by atoms with Gasteiger partial charge in [-0.3, -0.25) is 4.79 Å². The summed E-state index contributed by atoms with van der Waals surface area (Å²) in [5.74, 6) is 0.792. The van der Waals surface area contributed by atoms with Gasteiger partial charge in [-0.25, -0.2) is 4.85 Å². The lowest BCUT2D eigenvalue weighted by Crippen LogP contribution is -2.32. The van der Waals surface area contributed by atoms with Crippen molar-refractivity contribution in [1.29, 1.82) is 5.26 Å². The molecule has 2 aromatic heterocycles. The van der Waals surface area contributed by atoms with Crippen LogP contribution < -0.4 is 20.5 Å². The van der Waals surface area contributed by atoms with Crippen molar-refractivity contribution >= 4 is 34.3 Å². The van der Waals surface area contributed by atoms with E-state index in [1.807, 2.05) is 82.3 Å². The Morgan fingerprint density at radius 2 is 1.38 bits per heavy atom. The number of rotatable bonds is 10. The molecule has 2 atom stereocenters. The first kappa shape index (κ1) is 42.1. The van der Waals surface area contributed by atoms with Gasteiger partial charge in [-0.1, -0.05) is 65.1 Å². The smallest absolute Gasteiger partial charge is 0.246 e. The van der Waals surface area contributed by atoms with Crippen LogP contribution in [0.4, 0.5) is 5.69 Å². The van der Waals surface area contributed by atoms with Crippen molar-refractivity contribution in [1.82, 2.24) is 25.7 Å². The molecule has 0 unspecified atom stereocenters. The van der Waals surface area contributed by atoms with Crippen molar-refractivity contribution < 1.29 is 19.4 Å². The molecule has 0 bridgehead atoms.